The quantitative estimate of drug-likeness (QED) is 0.556. The van der Waals surface area contributed by atoms with Gasteiger partial charge in [-0.25, -0.2) is 0 Å². The molecule has 202 valence electrons. The molecule has 7 heteroatoms. The van der Waals surface area contributed by atoms with E-state index in [4.69, 9.17) is 4.74 Å². The number of benzene rings is 1. The summed E-state index contributed by atoms with van der Waals surface area (Å²) in [5, 5.41) is 23.4. The highest BCUT2D eigenvalue weighted by molar-refractivity contribution is 5.87. The van der Waals surface area contributed by atoms with Crippen LogP contribution in [0.15, 0.2) is 24.3 Å². The van der Waals surface area contributed by atoms with E-state index >= 15 is 0 Å². The number of hydrogen-bond donors (Lipinski definition) is 2. The molecule has 1 amide bonds. The minimum absolute atomic E-state index is 0. The summed E-state index contributed by atoms with van der Waals surface area (Å²) in [4.78, 5) is 17.8. The highest BCUT2D eigenvalue weighted by atomic mass is 35.5. The molecule has 1 saturated heterocycles. The van der Waals surface area contributed by atoms with E-state index in [1.54, 1.807) is 12.1 Å². The zero-order valence-electron chi connectivity index (χ0n) is 21.9. The Morgan fingerprint density at radius 2 is 1.95 bits per heavy atom. The highest BCUT2D eigenvalue weighted by Crippen LogP contribution is 2.66. The van der Waals surface area contributed by atoms with Crippen molar-refractivity contribution in [1.29, 1.82) is 0 Å². The summed E-state index contributed by atoms with van der Waals surface area (Å²) in [6, 6.07) is 3.72. The second kappa shape index (κ2) is 9.17. The van der Waals surface area contributed by atoms with Crippen molar-refractivity contribution in [2.45, 2.75) is 99.8 Å². The van der Waals surface area contributed by atoms with E-state index in [1.165, 1.54) is 50.5 Å². The minimum Gasteiger partial charge on any atom is -0.504 e. The van der Waals surface area contributed by atoms with Gasteiger partial charge >= 0.3 is 0 Å². The average Bonchev–Trinajstić information content (AvgIpc) is 3.63. The molecule has 6 nitrogen and oxygen atoms in total. The van der Waals surface area contributed by atoms with Gasteiger partial charge in [0.1, 0.15) is 6.10 Å². The normalized spacial score (nSPS) is 36.5. The van der Waals surface area contributed by atoms with Crippen LogP contribution in [0.3, 0.4) is 0 Å². The predicted octanol–water partition coefficient (Wildman–Crippen LogP) is 4.34. The number of aromatic hydroxyl groups is 1. The number of allylic oxidation sites excluding steroid dienone is 1. The van der Waals surface area contributed by atoms with Crippen molar-refractivity contribution in [3.05, 3.63) is 35.4 Å². The number of carbonyl (C=O) groups is 1. The third kappa shape index (κ3) is 3.69. The minimum atomic E-state index is -0.908. The Bertz CT molecular complexity index is 1100. The molecule has 5 atom stereocenters. The molecule has 0 aromatic heterocycles. The zero-order valence-corrected chi connectivity index (χ0v) is 22.7. The molecule has 3 saturated carbocycles. The Morgan fingerprint density at radius 1 is 1.16 bits per heavy atom. The lowest BCUT2D eigenvalue weighted by atomic mass is 9.48. The summed E-state index contributed by atoms with van der Waals surface area (Å²) in [6.45, 7) is 2.01. The number of phenols is 1. The van der Waals surface area contributed by atoms with Crippen LogP contribution in [0.4, 0.5) is 0 Å². The number of phenolic OH excluding ortho intramolecular Hbond substituents is 1. The Balaban J connectivity index is 0.00000252. The van der Waals surface area contributed by atoms with Crippen LogP contribution in [0.1, 0.15) is 75.3 Å². The van der Waals surface area contributed by atoms with Crippen molar-refractivity contribution < 1.29 is 19.7 Å². The molecular weight excluding hydrogens is 488 g/mol. The molecule has 37 heavy (non-hydrogen) atoms. The predicted molar refractivity (Wildman–Crippen MR) is 144 cm³/mol. The molecule has 6 aliphatic rings. The van der Waals surface area contributed by atoms with Gasteiger partial charge in [0, 0.05) is 25.2 Å². The summed E-state index contributed by atoms with van der Waals surface area (Å²) < 4.78 is 6.64. The summed E-state index contributed by atoms with van der Waals surface area (Å²) in [6.07, 6.45) is 15.3. The fourth-order valence-electron chi connectivity index (χ4n) is 8.68. The number of halogens is 1. The van der Waals surface area contributed by atoms with Gasteiger partial charge in [-0.05, 0) is 87.5 Å². The van der Waals surface area contributed by atoms with Gasteiger partial charge in [-0.3, -0.25) is 9.69 Å². The molecule has 4 fully saturated rings. The van der Waals surface area contributed by atoms with E-state index in [0.29, 0.717) is 24.5 Å². The number of carbonyl (C=O) groups excluding carboxylic acids is 1. The number of rotatable bonds is 5. The van der Waals surface area contributed by atoms with Gasteiger partial charge in [-0.15, -0.1) is 12.4 Å². The van der Waals surface area contributed by atoms with Crippen molar-refractivity contribution >= 4 is 18.3 Å². The first kappa shape index (κ1) is 25.5. The van der Waals surface area contributed by atoms with Gasteiger partial charge in [0.05, 0.1) is 17.1 Å². The average molecular weight is 529 g/mol. The first-order valence-electron chi connectivity index (χ1n) is 14.4. The molecule has 1 spiro atoms. The van der Waals surface area contributed by atoms with Crippen molar-refractivity contribution in [3.8, 4) is 11.5 Å². The van der Waals surface area contributed by atoms with Crippen molar-refractivity contribution in [1.82, 2.24) is 9.80 Å². The number of nitrogens with zero attached hydrogens (tertiary/aromatic N) is 2. The Morgan fingerprint density at radius 3 is 2.70 bits per heavy atom. The van der Waals surface area contributed by atoms with Crippen LogP contribution >= 0.6 is 12.4 Å². The molecule has 2 heterocycles. The monoisotopic (exact) mass is 528 g/mol. The Hall–Kier alpha value is -1.76. The fraction of sp³-hybridized carbons (Fsp3) is 0.700. The SMILES string of the molecule is CN(C(=O)/C=C/C1CCCCC1)C1CC[C@@]2(O)[C@H]3Cc4ccc(O)c5c4[C@@]2(CCN3CC2CC2)C1O5.Cl. The number of likely N-dealkylation sites (N-methyl/N-ethyl adjacent to an activating group) is 1. The molecular formula is C30H41ClN2O4. The van der Waals surface area contributed by atoms with Gasteiger partial charge in [-0.1, -0.05) is 31.4 Å². The number of amides is 1. The third-order valence-corrected chi connectivity index (χ3v) is 10.7. The van der Waals surface area contributed by atoms with Gasteiger partial charge in [0.15, 0.2) is 11.5 Å². The van der Waals surface area contributed by atoms with Crippen LogP contribution in [0.5, 0.6) is 11.5 Å². The zero-order chi connectivity index (χ0) is 24.7. The van der Waals surface area contributed by atoms with Crippen LogP contribution in [0.25, 0.3) is 0 Å². The summed E-state index contributed by atoms with van der Waals surface area (Å²) in [5.74, 6) is 2.01. The largest absolute Gasteiger partial charge is 0.504 e. The van der Waals surface area contributed by atoms with Crippen molar-refractivity contribution in [3.63, 3.8) is 0 Å². The number of hydrogen-bond acceptors (Lipinski definition) is 5. The molecule has 2 unspecified atom stereocenters. The lowest BCUT2D eigenvalue weighted by molar-refractivity contribution is -0.200. The number of aliphatic hydroxyl groups is 1. The van der Waals surface area contributed by atoms with Crippen LogP contribution in [-0.2, 0) is 16.6 Å². The lowest BCUT2D eigenvalue weighted by Crippen LogP contribution is -2.78. The maximum absolute atomic E-state index is 13.4. The number of ether oxygens (including phenoxy) is 1. The topological polar surface area (TPSA) is 73.2 Å². The van der Waals surface area contributed by atoms with Gasteiger partial charge in [0.2, 0.25) is 5.91 Å². The molecule has 1 aromatic rings. The molecule has 7 rings (SSSR count). The van der Waals surface area contributed by atoms with E-state index in [1.807, 2.05) is 18.0 Å². The second-order valence-corrected chi connectivity index (χ2v) is 12.6. The van der Waals surface area contributed by atoms with E-state index in [-0.39, 0.29) is 42.3 Å². The highest BCUT2D eigenvalue weighted by Gasteiger charge is 2.73. The van der Waals surface area contributed by atoms with E-state index in [0.717, 1.165) is 37.4 Å². The Labute approximate surface area is 226 Å². The molecule has 1 aromatic carbocycles. The molecule has 0 radical (unpaired) electrons. The number of likely N-dealkylation sites (tertiary alicyclic amines) is 1. The molecule has 2 aliphatic heterocycles. The van der Waals surface area contributed by atoms with E-state index < -0.39 is 11.0 Å². The maximum Gasteiger partial charge on any atom is 0.246 e. The van der Waals surface area contributed by atoms with Gasteiger partial charge < -0.3 is 19.8 Å². The van der Waals surface area contributed by atoms with Crippen molar-refractivity contribution in [2.75, 3.05) is 20.1 Å². The first-order valence-corrected chi connectivity index (χ1v) is 14.4. The lowest BCUT2D eigenvalue weighted by Gasteiger charge is -2.64. The van der Waals surface area contributed by atoms with E-state index in [2.05, 4.69) is 11.0 Å². The second-order valence-electron chi connectivity index (χ2n) is 12.6. The third-order valence-electron chi connectivity index (χ3n) is 10.7. The fourth-order valence-corrected chi connectivity index (χ4v) is 8.68. The Kier molecular flexibility index (Phi) is 6.32. The number of piperidine rings is 1. The smallest absolute Gasteiger partial charge is 0.246 e. The first-order chi connectivity index (χ1) is 17.4. The molecule has 2 bridgehead atoms. The van der Waals surface area contributed by atoms with Crippen LogP contribution in [0, 0.1) is 11.8 Å². The molecule has 4 aliphatic carbocycles. The van der Waals surface area contributed by atoms with Crippen LogP contribution in [-0.4, -0.2) is 69.8 Å². The summed E-state index contributed by atoms with van der Waals surface area (Å²) in [5.41, 5.74) is 0.743. The van der Waals surface area contributed by atoms with Crippen LogP contribution < -0.4 is 4.74 Å². The standard InChI is InChI=1S/C30H40N2O4.ClH/c1-31(25(34)12-9-19-5-3-2-4-6-19)22-13-14-30(35)24-17-21-10-11-23(33)27-26(21)29(30,28(22)36-27)15-16-32(24)18-20-7-8-20;/h9-12,19-20,22,24,28,33,35H,2-8,13-18H2,1H3;1H/b12-9+;/t22?,24-,28?,29+,30-;/m1./s1. The molecule has 2 N–H and O–H groups in total. The van der Waals surface area contributed by atoms with Crippen molar-refractivity contribution in [2.24, 2.45) is 11.8 Å². The summed E-state index contributed by atoms with van der Waals surface area (Å²) >= 11 is 0. The van der Waals surface area contributed by atoms with Crippen LogP contribution in [0.2, 0.25) is 0 Å². The van der Waals surface area contributed by atoms with Gasteiger partial charge in [0.25, 0.3) is 0 Å². The summed E-state index contributed by atoms with van der Waals surface area (Å²) in [7, 11) is 1.90. The van der Waals surface area contributed by atoms with E-state index in [9.17, 15) is 15.0 Å². The van der Waals surface area contributed by atoms with Gasteiger partial charge in [-0.2, -0.15) is 0 Å². The maximum atomic E-state index is 13.4.